The van der Waals surface area contributed by atoms with Gasteiger partial charge in [-0.25, -0.2) is 9.97 Å². The topological polar surface area (TPSA) is 30.7 Å². The van der Waals surface area contributed by atoms with Gasteiger partial charge in [-0.1, -0.05) is 24.3 Å². The van der Waals surface area contributed by atoms with Crippen LogP contribution in [-0.2, 0) is 6.42 Å². The fourth-order valence-electron chi connectivity index (χ4n) is 3.11. The maximum atomic E-state index is 4.49. The van der Waals surface area contributed by atoms with Crippen molar-refractivity contribution < 1.29 is 0 Å². The van der Waals surface area contributed by atoms with Crippen LogP contribution in [0, 0.1) is 0 Å². The Balaban J connectivity index is 1.90. The number of nitrogens with zero attached hydrogens (tertiary/aromatic N) is 3. The zero-order chi connectivity index (χ0) is 12.7. The van der Waals surface area contributed by atoms with Crippen LogP contribution in [0.1, 0.15) is 30.0 Å². The van der Waals surface area contributed by atoms with Gasteiger partial charge in [0.15, 0.2) is 5.65 Å². The first-order valence-corrected chi connectivity index (χ1v) is 6.79. The summed E-state index contributed by atoms with van der Waals surface area (Å²) >= 11 is 0. The molecule has 1 atom stereocenters. The van der Waals surface area contributed by atoms with Crippen LogP contribution in [0.5, 0.6) is 0 Å². The van der Waals surface area contributed by atoms with Crippen LogP contribution in [0.4, 0.5) is 0 Å². The molecule has 3 heteroatoms. The predicted molar refractivity (Wildman–Crippen MR) is 75.0 cm³/mol. The van der Waals surface area contributed by atoms with Crippen molar-refractivity contribution in [2.45, 2.75) is 25.3 Å². The number of aromatic nitrogens is 3. The van der Waals surface area contributed by atoms with Gasteiger partial charge in [0.05, 0.1) is 12.4 Å². The molecule has 0 aliphatic heterocycles. The monoisotopic (exact) mass is 249 g/mol. The van der Waals surface area contributed by atoms with Gasteiger partial charge in [0.2, 0.25) is 0 Å². The Kier molecular flexibility index (Phi) is 2.37. The van der Waals surface area contributed by atoms with Gasteiger partial charge in [0.25, 0.3) is 0 Å². The molecule has 2 heterocycles. The standard InChI is InChI=1S/C16H15N3/c1-2-7-13-12(5-1)6-3-9-15(13)19-11-18-14-8-4-10-17-16(14)19/h1-2,4-5,7-8,10-11,15H,3,6,9H2. The van der Waals surface area contributed by atoms with E-state index >= 15 is 0 Å². The zero-order valence-corrected chi connectivity index (χ0v) is 10.7. The number of pyridine rings is 1. The minimum atomic E-state index is 0.379. The SMILES string of the molecule is c1ccc2c(c1)CCCC2n1cnc2cccnc21. The molecule has 0 spiro atoms. The Labute approximate surface area is 111 Å². The van der Waals surface area contributed by atoms with Crippen LogP contribution in [0.15, 0.2) is 48.9 Å². The van der Waals surface area contributed by atoms with Gasteiger partial charge in [0, 0.05) is 6.20 Å². The number of hydrogen-bond acceptors (Lipinski definition) is 2. The summed E-state index contributed by atoms with van der Waals surface area (Å²) in [5.74, 6) is 0. The average Bonchev–Trinajstić information content (AvgIpc) is 2.90. The lowest BCUT2D eigenvalue weighted by Crippen LogP contribution is -2.16. The van der Waals surface area contributed by atoms with E-state index < -0.39 is 0 Å². The summed E-state index contributed by atoms with van der Waals surface area (Å²) in [5, 5.41) is 0. The predicted octanol–water partition coefficient (Wildman–Crippen LogP) is 3.36. The maximum absolute atomic E-state index is 4.49. The molecule has 2 aromatic heterocycles. The second-order valence-corrected chi connectivity index (χ2v) is 5.10. The second kappa shape index (κ2) is 4.19. The van der Waals surface area contributed by atoms with E-state index in [0.717, 1.165) is 11.2 Å². The smallest absolute Gasteiger partial charge is 0.160 e. The fraction of sp³-hybridized carbons (Fsp3) is 0.250. The Bertz CT molecular complexity index is 729. The number of hydrogen-bond donors (Lipinski definition) is 0. The lowest BCUT2D eigenvalue weighted by atomic mass is 9.87. The van der Waals surface area contributed by atoms with E-state index in [9.17, 15) is 0 Å². The summed E-state index contributed by atoms with van der Waals surface area (Å²) in [7, 11) is 0. The molecule has 94 valence electrons. The normalized spacial score (nSPS) is 18.4. The quantitative estimate of drug-likeness (QED) is 0.662. The molecule has 0 amide bonds. The summed E-state index contributed by atoms with van der Waals surface area (Å²) in [5.41, 5.74) is 4.87. The third-order valence-electron chi connectivity index (χ3n) is 4.01. The Morgan fingerprint density at radius 1 is 1.05 bits per heavy atom. The number of aryl methyl sites for hydroxylation is 1. The first kappa shape index (κ1) is 10.7. The highest BCUT2D eigenvalue weighted by Gasteiger charge is 2.22. The van der Waals surface area contributed by atoms with E-state index in [2.05, 4.69) is 38.8 Å². The molecule has 1 aliphatic rings. The molecule has 0 saturated carbocycles. The lowest BCUT2D eigenvalue weighted by Gasteiger charge is -2.26. The van der Waals surface area contributed by atoms with Gasteiger partial charge >= 0.3 is 0 Å². The molecule has 19 heavy (non-hydrogen) atoms. The third kappa shape index (κ3) is 1.65. The van der Waals surface area contributed by atoms with Crippen molar-refractivity contribution in [3.8, 4) is 0 Å². The Morgan fingerprint density at radius 2 is 2.00 bits per heavy atom. The Morgan fingerprint density at radius 3 is 3.00 bits per heavy atom. The van der Waals surface area contributed by atoms with E-state index in [1.807, 2.05) is 24.7 Å². The minimum Gasteiger partial charge on any atom is -0.308 e. The van der Waals surface area contributed by atoms with Crippen LogP contribution in [-0.4, -0.2) is 14.5 Å². The highest BCUT2D eigenvalue weighted by Crippen LogP contribution is 2.34. The van der Waals surface area contributed by atoms with Crippen molar-refractivity contribution in [2.24, 2.45) is 0 Å². The van der Waals surface area contributed by atoms with Crippen LogP contribution < -0.4 is 0 Å². The largest absolute Gasteiger partial charge is 0.308 e. The van der Waals surface area contributed by atoms with Crippen molar-refractivity contribution in [3.05, 3.63) is 60.0 Å². The average molecular weight is 249 g/mol. The fourth-order valence-corrected chi connectivity index (χ4v) is 3.11. The van der Waals surface area contributed by atoms with Crippen molar-refractivity contribution in [2.75, 3.05) is 0 Å². The van der Waals surface area contributed by atoms with Gasteiger partial charge in [-0.2, -0.15) is 0 Å². The molecule has 3 nitrogen and oxygen atoms in total. The van der Waals surface area contributed by atoms with Gasteiger partial charge in [0.1, 0.15) is 5.52 Å². The second-order valence-electron chi connectivity index (χ2n) is 5.10. The first-order chi connectivity index (χ1) is 9.43. The van der Waals surface area contributed by atoms with Crippen molar-refractivity contribution in [1.82, 2.24) is 14.5 Å². The number of fused-ring (bicyclic) bond motifs is 2. The molecule has 1 unspecified atom stereocenters. The van der Waals surface area contributed by atoms with Crippen molar-refractivity contribution in [1.29, 1.82) is 0 Å². The van der Waals surface area contributed by atoms with Gasteiger partial charge < -0.3 is 4.57 Å². The molecule has 0 fully saturated rings. The minimum absolute atomic E-state index is 0.379. The van der Waals surface area contributed by atoms with Crippen LogP contribution in [0.3, 0.4) is 0 Å². The molecule has 0 bridgehead atoms. The molecule has 0 saturated heterocycles. The van der Waals surface area contributed by atoms with E-state index in [4.69, 9.17) is 0 Å². The zero-order valence-electron chi connectivity index (χ0n) is 10.7. The van der Waals surface area contributed by atoms with E-state index in [0.29, 0.717) is 6.04 Å². The van der Waals surface area contributed by atoms with Crippen molar-refractivity contribution in [3.63, 3.8) is 0 Å². The molecule has 3 aromatic rings. The van der Waals surface area contributed by atoms with E-state index in [1.165, 1.54) is 30.4 Å². The molecular weight excluding hydrogens is 234 g/mol. The van der Waals surface area contributed by atoms with Gasteiger partial charge in [-0.3, -0.25) is 0 Å². The highest BCUT2D eigenvalue weighted by atomic mass is 15.1. The number of benzene rings is 1. The van der Waals surface area contributed by atoms with Gasteiger partial charge in [-0.15, -0.1) is 0 Å². The highest BCUT2D eigenvalue weighted by molar-refractivity contribution is 5.70. The summed E-state index contributed by atoms with van der Waals surface area (Å²) in [6.45, 7) is 0. The van der Waals surface area contributed by atoms with Crippen molar-refractivity contribution >= 4 is 11.2 Å². The van der Waals surface area contributed by atoms with Crippen LogP contribution >= 0.6 is 0 Å². The van der Waals surface area contributed by atoms with E-state index in [1.54, 1.807) is 0 Å². The first-order valence-electron chi connectivity index (χ1n) is 6.79. The Hall–Kier alpha value is -2.16. The molecular formula is C16H15N3. The summed E-state index contributed by atoms with van der Waals surface area (Å²) < 4.78 is 2.23. The molecule has 1 aromatic carbocycles. The number of imidazole rings is 1. The molecule has 0 radical (unpaired) electrons. The summed E-state index contributed by atoms with van der Waals surface area (Å²) in [4.78, 5) is 8.96. The molecule has 1 aliphatic carbocycles. The summed E-state index contributed by atoms with van der Waals surface area (Å²) in [6, 6.07) is 13.1. The van der Waals surface area contributed by atoms with E-state index in [-0.39, 0.29) is 0 Å². The summed E-state index contributed by atoms with van der Waals surface area (Å²) in [6.07, 6.45) is 7.36. The van der Waals surface area contributed by atoms with Crippen LogP contribution in [0.25, 0.3) is 11.2 Å². The lowest BCUT2D eigenvalue weighted by molar-refractivity contribution is 0.497. The molecule has 4 rings (SSSR count). The molecule has 0 N–H and O–H groups in total. The van der Waals surface area contributed by atoms with Crippen LogP contribution in [0.2, 0.25) is 0 Å². The maximum Gasteiger partial charge on any atom is 0.160 e. The van der Waals surface area contributed by atoms with Gasteiger partial charge in [-0.05, 0) is 42.5 Å². The number of rotatable bonds is 1. The third-order valence-corrected chi connectivity index (χ3v) is 4.01.